The molecule has 0 aliphatic carbocycles. The van der Waals surface area contributed by atoms with Crippen LogP contribution in [0.1, 0.15) is 62.3 Å². The minimum absolute atomic E-state index is 0.0184. The van der Waals surface area contributed by atoms with Crippen LogP contribution in [-0.4, -0.2) is 36.1 Å². The molecule has 1 aliphatic heterocycles. The zero-order valence-electron chi connectivity index (χ0n) is 18.4. The lowest BCUT2D eigenvalue weighted by atomic mass is 10.1. The van der Waals surface area contributed by atoms with Crippen LogP contribution in [0.25, 0.3) is 0 Å². The first-order valence-electron chi connectivity index (χ1n) is 10.7. The Morgan fingerprint density at radius 3 is 2.66 bits per heavy atom. The normalized spacial score (nSPS) is 16.7. The minimum atomic E-state index is -0.0184. The maximum atomic E-state index is 12.6. The van der Waals surface area contributed by atoms with Crippen molar-refractivity contribution in [3.05, 3.63) is 33.3 Å². The minimum Gasteiger partial charge on any atom is -0.353 e. The van der Waals surface area contributed by atoms with E-state index in [1.54, 1.807) is 9.25 Å². The maximum Gasteiger partial charge on any atom is 0.345 e. The summed E-state index contributed by atoms with van der Waals surface area (Å²) >= 11 is 0. The Morgan fingerprint density at radius 1 is 1.24 bits per heavy atom. The number of rotatable bonds is 7. The van der Waals surface area contributed by atoms with Gasteiger partial charge in [-0.25, -0.2) is 9.48 Å². The maximum absolute atomic E-state index is 12.6. The molecule has 1 atom stereocenters. The van der Waals surface area contributed by atoms with E-state index in [0.717, 1.165) is 48.5 Å². The molecule has 0 radical (unpaired) electrons. The van der Waals surface area contributed by atoms with E-state index in [0.29, 0.717) is 31.8 Å². The average molecular weight is 403 g/mol. The van der Waals surface area contributed by atoms with Crippen molar-refractivity contribution in [2.45, 2.75) is 85.4 Å². The van der Waals surface area contributed by atoms with Gasteiger partial charge in [0.05, 0.1) is 5.69 Å². The first kappa shape index (κ1) is 21.3. The Bertz CT molecular complexity index is 920. The highest BCUT2D eigenvalue weighted by atomic mass is 16.2. The Labute approximate surface area is 172 Å². The monoisotopic (exact) mass is 402 g/mol. The molecule has 0 fully saturated rings. The average Bonchev–Trinajstić information content (AvgIpc) is 2.99. The van der Waals surface area contributed by atoms with Crippen LogP contribution < -0.4 is 11.0 Å². The topological polar surface area (TPSA) is 86.7 Å². The summed E-state index contributed by atoms with van der Waals surface area (Å²) in [5, 5.41) is 12.1. The molecule has 0 saturated heterocycles. The van der Waals surface area contributed by atoms with Crippen molar-refractivity contribution in [2.24, 2.45) is 13.0 Å². The van der Waals surface area contributed by atoms with Gasteiger partial charge in [0.1, 0.15) is 5.82 Å². The molecule has 3 rings (SSSR count). The molecule has 8 nitrogen and oxygen atoms in total. The number of aryl methyl sites for hydroxylation is 4. The fourth-order valence-corrected chi connectivity index (χ4v) is 4.02. The Hall–Kier alpha value is -2.38. The van der Waals surface area contributed by atoms with E-state index in [1.165, 1.54) is 0 Å². The van der Waals surface area contributed by atoms with Gasteiger partial charge in [0.15, 0.2) is 0 Å². The first-order valence-corrected chi connectivity index (χ1v) is 10.7. The van der Waals surface area contributed by atoms with E-state index in [4.69, 9.17) is 0 Å². The number of hydrogen-bond acceptors (Lipinski definition) is 4. The first-order chi connectivity index (χ1) is 13.8. The highest BCUT2D eigenvalue weighted by molar-refractivity contribution is 5.76. The third-order valence-corrected chi connectivity index (χ3v) is 5.96. The Balaban J connectivity index is 1.53. The summed E-state index contributed by atoms with van der Waals surface area (Å²) in [5.41, 5.74) is 3.25. The van der Waals surface area contributed by atoms with Crippen molar-refractivity contribution >= 4 is 5.91 Å². The van der Waals surface area contributed by atoms with Crippen molar-refractivity contribution in [3.63, 3.8) is 0 Å². The molecule has 1 amide bonds. The van der Waals surface area contributed by atoms with E-state index in [-0.39, 0.29) is 17.6 Å². The second kappa shape index (κ2) is 8.97. The molecule has 2 aromatic rings. The summed E-state index contributed by atoms with van der Waals surface area (Å²) in [7, 11) is 1.93. The number of hydrogen-bond donors (Lipinski definition) is 1. The number of nitrogens with zero attached hydrogens (tertiary/aromatic N) is 5. The van der Waals surface area contributed by atoms with Gasteiger partial charge in [-0.2, -0.15) is 10.2 Å². The third-order valence-electron chi connectivity index (χ3n) is 5.96. The molecule has 3 heterocycles. The standard InChI is InChI=1S/C21H34N6O2/c1-14(2)10-13-27-21(29)26-12-11-17(6-8-19(26)24-27)22-20(28)9-7-18-15(3)23-25(5)16(18)4/h14,17H,6-13H2,1-5H3,(H,22,28). The van der Waals surface area contributed by atoms with Gasteiger partial charge in [-0.1, -0.05) is 13.8 Å². The summed E-state index contributed by atoms with van der Waals surface area (Å²) in [4.78, 5) is 25.1. The number of carbonyl (C=O) groups is 1. The summed E-state index contributed by atoms with van der Waals surface area (Å²) in [6, 6.07) is 0.0869. The lowest BCUT2D eigenvalue weighted by Gasteiger charge is -2.16. The van der Waals surface area contributed by atoms with Crippen LogP contribution in [0.5, 0.6) is 0 Å². The second-order valence-corrected chi connectivity index (χ2v) is 8.62. The predicted molar refractivity (Wildman–Crippen MR) is 112 cm³/mol. The van der Waals surface area contributed by atoms with Crippen LogP contribution in [0.4, 0.5) is 0 Å². The van der Waals surface area contributed by atoms with E-state index < -0.39 is 0 Å². The quantitative estimate of drug-likeness (QED) is 0.766. The van der Waals surface area contributed by atoms with Crippen molar-refractivity contribution < 1.29 is 4.79 Å². The lowest BCUT2D eigenvalue weighted by Crippen LogP contribution is -2.36. The molecular formula is C21H34N6O2. The molecule has 2 aromatic heterocycles. The van der Waals surface area contributed by atoms with Gasteiger partial charge in [-0.05, 0) is 51.0 Å². The molecule has 0 saturated carbocycles. The van der Waals surface area contributed by atoms with Gasteiger partial charge in [0, 0.05) is 44.7 Å². The molecule has 160 valence electrons. The molecule has 29 heavy (non-hydrogen) atoms. The largest absolute Gasteiger partial charge is 0.353 e. The predicted octanol–water partition coefficient (Wildman–Crippen LogP) is 1.90. The van der Waals surface area contributed by atoms with Gasteiger partial charge in [-0.3, -0.25) is 14.0 Å². The van der Waals surface area contributed by atoms with Crippen molar-refractivity contribution in [1.82, 2.24) is 29.4 Å². The molecule has 8 heteroatoms. The molecule has 0 bridgehead atoms. The highest BCUT2D eigenvalue weighted by Crippen LogP contribution is 2.15. The van der Waals surface area contributed by atoms with Gasteiger partial charge in [-0.15, -0.1) is 0 Å². The number of carbonyl (C=O) groups excluding carboxylic acids is 1. The Morgan fingerprint density at radius 2 is 2.00 bits per heavy atom. The van der Waals surface area contributed by atoms with Gasteiger partial charge in [0.2, 0.25) is 5.91 Å². The van der Waals surface area contributed by atoms with Crippen LogP contribution in [0.15, 0.2) is 4.79 Å². The summed E-state index contributed by atoms with van der Waals surface area (Å²) in [5.74, 6) is 1.45. The van der Waals surface area contributed by atoms with Gasteiger partial charge >= 0.3 is 5.69 Å². The fraction of sp³-hybridized carbons (Fsp3) is 0.714. The zero-order chi connectivity index (χ0) is 21.1. The Kier molecular flexibility index (Phi) is 6.59. The molecule has 1 N–H and O–H groups in total. The number of fused-ring (bicyclic) bond motifs is 1. The van der Waals surface area contributed by atoms with Crippen LogP contribution >= 0.6 is 0 Å². The smallest absolute Gasteiger partial charge is 0.345 e. The zero-order valence-corrected chi connectivity index (χ0v) is 18.4. The number of nitrogens with one attached hydrogen (secondary N) is 1. The SMILES string of the molecule is Cc1nn(C)c(C)c1CCC(=O)NC1CCc2nn(CCC(C)C)c(=O)n2CC1. The van der Waals surface area contributed by atoms with E-state index in [9.17, 15) is 9.59 Å². The third kappa shape index (κ3) is 4.97. The number of aromatic nitrogens is 5. The summed E-state index contributed by atoms with van der Waals surface area (Å²) in [6.07, 6.45) is 4.40. The van der Waals surface area contributed by atoms with Gasteiger partial charge in [0.25, 0.3) is 0 Å². The fourth-order valence-electron chi connectivity index (χ4n) is 4.02. The van der Waals surface area contributed by atoms with Crippen LogP contribution in [-0.2, 0) is 37.8 Å². The van der Waals surface area contributed by atoms with Crippen molar-refractivity contribution in [3.8, 4) is 0 Å². The van der Waals surface area contributed by atoms with E-state index in [2.05, 4.69) is 29.4 Å². The van der Waals surface area contributed by atoms with Crippen LogP contribution in [0, 0.1) is 19.8 Å². The van der Waals surface area contributed by atoms with Crippen molar-refractivity contribution in [1.29, 1.82) is 0 Å². The number of amides is 1. The molecule has 0 spiro atoms. The van der Waals surface area contributed by atoms with Crippen LogP contribution in [0.2, 0.25) is 0 Å². The molecule has 1 unspecified atom stereocenters. The molecule has 0 aromatic carbocycles. The van der Waals surface area contributed by atoms with Gasteiger partial charge < -0.3 is 5.32 Å². The summed E-state index contributed by atoms with van der Waals surface area (Å²) in [6.45, 7) is 9.60. The lowest BCUT2D eigenvalue weighted by molar-refractivity contribution is -0.121. The van der Waals surface area contributed by atoms with E-state index in [1.807, 2.05) is 25.6 Å². The van der Waals surface area contributed by atoms with Crippen molar-refractivity contribution in [2.75, 3.05) is 0 Å². The van der Waals surface area contributed by atoms with E-state index >= 15 is 0 Å². The molecule has 1 aliphatic rings. The van der Waals surface area contributed by atoms with Crippen LogP contribution in [0.3, 0.4) is 0 Å². The molecular weight excluding hydrogens is 368 g/mol. The second-order valence-electron chi connectivity index (χ2n) is 8.62. The highest BCUT2D eigenvalue weighted by Gasteiger charge is 2.22. The summed E-state index contributed by atoms with van der Waals surface area (Å²) < 4.78 is 5.25.